The second-order valence-corrected chi connectivity index (χ2v) is 5.43. The van der Waals surface area contributed by atoms with Crippen molar-refractivity contribution < 1.29 is 13.6 Å². The van der Waals surface area contributed by atoms with E-state index in [0.29, 0.717) is 0 Å². The van der Waals surface area contributed by atoms with Crippen LogP contribution in [0.4, 0.5) is 8.78 Å². The Balaban J connectivity index is 3.50. The van der Waals surface area contributed by atoms with E-state index in [4.69, 9.17) is 5.73 Å². The highest BCUT2D eigenvalue weighted by Gasteiger charge is 2.20. The zero-order valence-corrected chi connectivity index (χ0v) is 11.8. The standard InChI is InChI=1S/C15H21F2NO/c1-8(2)11-5-10(15(16)17)6-12(9(3)4)13(11)7-14(18)19/h5-6,8-9,15H,7H2,1-4H3,(H2,18,19). The van der Waals surface area contributed by atoms with Crippen LogP contribution in [0, 0.1) is 0 Å². The summed E-state index contributed by atoms with van der Waals surface area (Å²) < 4.78 is 25.9. The summed E-state index contributed by atoms with van der Waals surface area (Å²) in [5.41, 5.74) is 7.68. The molecule has 1 rings (SSSR count). The number of carbonyl (C=O) groups excluding carboxylic acids is 1. The molecule has 0 atom stereocenters. The second-order valence-electron chi connectivity index (χ2n) is 5.43. The van der Waals surface area contributed by atoms with Gasteiger partial charge >= 0.3 is 0 Å². The summed E-state index contributed by atoms with van der Waals surface area (Å²) in [5, 5.41) is 0. The van der Waals surface area contributed by atoms with E-state index in [-0.39, 0.29) is 23.8 Å². The third-order valence-electron chi connectivity index (χ3n) is 3.19. The van der Waals surface area contributed by atoms with Gasteiger partial charge < -0.3 is 5.73 Å². The van der Waals surface area contributed by atoms with Crippen molar-refractivity contribution in [1.29, 1.82) is 0 Å². The molecule has 0 spiro atoms. The predicted molar refractivity (Wildman–Crippen MR) is 72.5 cm³/mol. The van der Waals surface area contributed by atoms with E-state index in [0.717, 1.165) is 16.7 Å². The fourth-order valence-corrected chi connectivity index (χ4v) is 2.28. The maximum atomic E-state index is 13.0. The fraction of sp³-hybridized carbons (Fsp3) is 0.533. The van der Waals surface area contributed by atoms with Crippen LogP contribution in [0.15, 0.2) is 12.1 Å². The molecule has 4 heteroatoms. The van der Waals surface area contributed by atoms with E-state index in [1.807, 2.05) is 27.7 Å². The number of amides is 1. The average molecular weight is 269 g/mol. The van der Waals surface area contributed by atoms with Gasteiger partial charge in [0.1, 0.15) is 0 Å². The monoisotopic (exact) mass is 269 g/mol. The molecule has 0 heterocycles. The Kier molecular flexibility index (Phi) is 5.04. The van der Waals surface area contributed by atoms with Gasteiger partial charge in [0.2, 0.25) is 5.91 Å². The molecule has 0 unspecified atom stereocenters. The van der Waals surface area contributed by atoms with Crippen molar-refractivity contribution in [3.63, 3.8) is 0 Å². The Morgan fingerprint density at radius 1 is 1.11 bits per heavy atom. The van der Waals surface area contributed by atoms with Crippen molar-refractivity contribution >= 4 is 5.91 Å². The van der Waals surface area contributed by atoms with Crippen molar-refractivity contribution in [1.82, 2.24) is 0 Å². The van der Waals surface area contributed by atoms with Crippen LogP contribution in [0.25, 0.3) is 0 Å². The van der Waals surface area contributed by atoms with Crippen LogP contribution in [0.1, 0.15) is 68.2 Å². The molecule has 0 aliphatic rings. The maximum Gasteiger partial charge on any atom is 0.263 e. The quantitative estimate of drug-likeness (QED) is 0.865. The van der Waals surface area contributed by atoms with Crippen molar-refractivity contribution in [3.8, 4) is 0 Å². The first-order chi connectivity index (χ1) is 8.73. The van der Waals surface area contributed by atoms with Crippen LogP contribution in [0.5, 0.6) is 0 Å². The van der Waals surface area contributed by atoms with E-state index in [1.165, 1.54) is 12.1 Å². The number of rotatable bonds is 5. The maximum absolute atomic E-state index is 13.0. The van der Waals surface area contributed by atoms with Crippen LogP contribution in [-0.4, -0.2) is 5.91 Å². The lowest BCUT2D eigenvalue weighted by Crippen LogP contribution is -2.17. The van der Waals surface area contributed by atoms with Gasteiger partial charge in [0, 0.05) is 5.56 Å². The highest BCUT2D eigenvalue weighted by Crippen LogP contribution is 2.33. The van der Waals surface area contributed by atoms with Crippen LogP contribution < -0.4 is 5.73 Å². The van der Waals surface area contributed by atoms with Gasteiger partial charge in [0.15, 0.2) is 0 Å². The Morgan fingerprint density at radius 2 is 1.53 bits per heavy atom. The molecule has 0 aliphatic heterocycles. The molecule has 0 radical (unpaired) electrons. The summed E-state index contributed by atoms with van der Waals surface area (Å²) in [6.45, 7) is 7.72. The van der Waals surface area contributed by atoms with E-state index in [1.54, 1.807) is 0 Å². The molecule has 0 bridgehead atoms. The van der Waals surface area contributed by atoms with Crippen LogP contribution in [0.3, 0.4) is 0 Å². The zero-order chi connectivity index (χ0) is 14.7. The molecule has 106 valence electrons. The van der Waals surface area contributed by atoms with Gasteiger partial charge in [0.05, 0.1) is 6.42 Å². The van der Waals surface area contributed by atoms with Gasteiger partial charge in [-0.1, -0.05) is 27.7 Å². The van der Waals surface area contributed by atoms with Gasteiger partial charge in [-0.3, -0.25) is 4.79 Å². The Hall–Kier alpha value is -1.45. The third-order valence-corrected chi connectivity index (χ3v) is 3.19. The zero-order valence-electron chi connectivity index (χ0n) is 11.8. The number of halogens is 2. The van der Waals surface area contributed by atoms with Crippen LogP contribution in [0.2, 0.25) is 0 Å². The minimum absolute atomic E-state index is 0.0145. The van der Waals surface area contributed by atoms with Gasteiger partial charge in [-0.05, 0) is 40.7 Å². The van der Waals surface area contributed by atoms with E-state index < -0.39 is 12.3 Å². The average Bonchev–Trinajstić information content (AvgIpc) is 2.27. The first-order valence-electron chi connectivity index (χ1n) is 6.47. The van der Waals surface area contributed by atoms with Gasteiger partial charge in [-0.25, -0.2) is 8.78 Å². The third kappa shape index (κ3) is 3.75. The summed E-state index contributed by atoms with van der Waals surface area (Å²) in [6.07, 6.45) is -2.40. The molecule has 1 aromatic rings. The number of benzene rings is 1. The van der Waals surface area contributed by atoms with E-state index in [9.17, 15) is 13.6 Å². The first kappa shape index (κ1) is 15.6. The number of nitrogens with two attached hydrogens (primary N) is 1. The number of hydrogen-bond acceptors (Lipinski definition) is 1. The number of hydrogen-bond donors (Lipinski definition) is 1. The number of alkyl halides is 2. The summed E-state index contributed by atoms with van der Waals surface area (Å²) in [4.78, 5) is 11.2. The summed E-state index contributed by atoms with van der Waals surface area (Å²) in [6, 6.07) is 3.00. The molecule has 1 aromatic carbocycles. The molecular weight excluding hydrogens is 248 g/mol. The Labute approximate surface area is 113 Å². The van der Waals surface area contributed by atoms with Crippen molar-refractivity contribution in [2.24, 2.45) is 5.73 Å². The molecule has 1 amide bonds. The van der Waals surface area contributed by atoms with E-state index >= 15 is 0 Å². The highest BCUT2D eigenvalue weighted by atomic mass is 19.3. The molecule has 0 aliphatic carbocycles. The molecule has 0 saturated heterocycles. The highest BCUT2D eigenvalue weighted by molar-refractivity contribution is 5.77. The minimum atomic E-state index is -2.50. The fourth-order valence-electron chi connectivity index (χ4n) is 2.28. The van der Waals surface area contributed by atoms with Crippen molar-refractivity contribution in [2.45, 2.75) is 52.4 Å². The predicted octanol–water partition coefficient (Wildman–Crippen LogP) is 3.90. The van der Waals surface area contributed by atoms with Gasteiger partial charge in [-0.15, -0.1) is 0 Å². The number of carbonyl (C=O) groups is 1. The summed E-state index contributed by atoms with van der Waals surface area (Å²) in [5.74, 6) is -0.287. The Morgan fingerprint density at radius 3 is 1.79 bits per heavy atom. The minimum Gasteiger partial charge on any atom is -0.369 e. The van der Waals surface area contributed by atoms with Crippen LogP contribution >= 0.6 is 0 Å². The lowest BCUT2D eigenvalue weighted by Gasteiger charge is -2.20. The normalized spacial score (nSPS) is 11.6. The first-order valence-corrected chi connectivity index (χ1v) is 6.47. The number of primary amides is 1. The molecule has 0 fully saturated rings. The smallest absolute Gasteiger partial charge is 0.263 e. The molecule has 0 saturated carbocycles. The van der Waals surface area contributed by atoms with E-state index in [2.05, 4.69) is 0 Å². The molecule has 2 nitrogen and oxygen atoms in total. The van der Waals surface area contributed by atoms with Gasteiger partial charge in [0.25, 0.3) is 6.43 Å². The lowest BCUT2D eigenvalue weighted by molar-refractivity contribution is -0.117. The summed E-state index contributed by atoms with van der Waals surface area (Å²) in [7, 11) is 0. The molecule has 0 aromatic heterocycles. The van der Waals surface area contributed by atoms with Gasteiger partial charge in [-0.2, -0.15) is 0 Å². The lowest BCUT2D eigenvalue weighted by atomic mass is 9.85. The SMILES string of the molecule is CC(C)c1cc(C(F)F)cc(C(C)C)c1CC(N)=O. The molecular formula is C15H21F2NO. The molecule has 2 N–H and O–H groups in total. The largest absolute Gasteiger partial charge is 0.369 e. The van der Waals surface area contributed by atoms with Crippen molar-refractivity contribution in [3.05, 3.63) is 34.4 Å². The second kappa shape index (κ2) is 6.13. The van der Waals surface area contributed by atoms with Crippen LogP contribution in [-0.2, 0) is 11.2 Å². The van der Waals surface area contributed by atoms with Crippen molar-refractivity contribution in [2.75, 3.05) is 0 Å². The Bertz CT molecular complexity index is 438. The molecule has 19 heavy (non-hydrogen) atoms. The topological polar surface area (TPSA) is 43.1 Å². The summed E-state index contributed by atoms with van der Waals surface area (Å²) >= 11 is 0.